The van der Waals surface area contributed by atoms with Crippen LogP contribution in [0.2, 0.25) is 0 Å². The van der Waals surface area contributed by atoms with Crippen molar-refractivity contribution in [2.45, 2.75) is 0 Å². The van der Waals surface area contributed by atoms with Gasteiger partial charge in [-0.25, -0.2) is 15.0 Å². The van der Waals surface area contributed by atoms with Crippen molar-refractivity contribution in [1.82, 2.24) is 15.0 Å². The Morgan fingerprint density at radius 1 is 0.419 bits per heavy atom. The molecule has 0 saturated heterocycles. The summed E-state index contributed by atoms with van der Waals surface area (Å²) < 4.78 is 2.51. The molecule has 0 saturated carbocycles. The van der Waals surface area contributed by atoms with Crippen LogP contribution in [-0.4, -0.2) is 15.0 Å². The van der Waals surface area contributed by atoms with E-state index in [0.29, 0.717) is 5.82 Å². The maximum absolute atomic E-state index is 5.39. The average molecular weight is 566 g/mol. The van der Waals surface area contributed by atoms with Crippen LogP contribution in [0.1, 0.15) is 0 Å². The summed E-state index contributed by atoms with van der Waals surface area (Å²) in [6.07, 6.45) is 0. The zero-order valence-electron chi connectivity index (χ0n) is 23.0. The molecule has 0 atom stereocenters. The molecule has 3 nitrogen and oxygen atoms in total. The SMILES string of the molecule is c1ccc(-c2cc(-c3nc4ccccc4c4c5ccccc5c5c6ccccc6sc5c34)nc(-c3ccccc3)n2)cc1. The van der Waals surface area contributed by atoms with Crippen molar-refractivity contribution in [2.75, 3.05) is 0 Å². The Hall–Kier alpha value is -5.45. The molecule has 0 amide bonds. The zero-order chi connectivity index (χ0) is 28.3. The van der Waals surface area contributed by atoms with Crippen molar-refractivity contribution in [3.05, 3.63) is 140 Å². The molecule has 0 spiro atoms. The summed E-state index contributed by atoms with van der Waals surface area (Å²) in [4.78, 5) is 15.7. The van der Waals surface area contributed by atoms with Gasteiger partial charge >= 0.3 is 0 Å². The van der Waals surface area contributed by atoms with E-state index in [4.69, 9.17) is 15.0 Å². The topological polar surface area (TPSA) is 38.7 Å². The molecule has 4 heteroatoms. The van der Waals surface area contributed by atoms with Crippen LogP contribution in [-0.2, 0) is 0 Å². The first-order valence-corrected chi connectivity index (χ1v) is 15.2. The van der Waals surface area contributed by atoms with Gasteiger partial charge in [0.15, 0.2) is 5.82 Å². The van der Waals surface area contributed by atoms with E-state index in [-0.39, 0.29) is 0 Å². The Labute approximate surface area is 251 Å². The van der Waals surface area contributed by atoms with Crippen LogP contribution >= 0.6 is 11.3 Å². The predicted molar refractivity (Wildman–Crippen MR) is 182 cm³/mol. The molecule has 0 unspecified atom stereocenters. The highest BCUT2D eigenvalue weighted by Gasteiger charge is 2.22. The van der Waals surface area contributed by atoms with Gasteiger partial charge in [0.2, 0.25) is 0 Å². The van der Waals surface area contributed by atoms with Crippen molar-refractivity contribution < 1.29 is 0 Å². The lowest BCUT2D eigenvalue weighted by molar-refractivity contribution is 1.17. The lowest BCUT2D eigenvalue weighted by Crippen LogP contribution is -1.98. The first kappa shape index (κ1) is 24.2. The van der Waals surface area contributed by atoms with E-state index in [1.807, 2.05) is 35.6 Å². The molecule has 0 aliphatic rings. The van der Waals surface area contributed by atoms with Gasteiger partial charge in [-0.15, -0.1) is 11.3 Å². The van der Waals surface area contributed by atoms with Crippen molar-refractivity contribution in [3.63, 3.8) is 0 Å². The minimum atomic E-state index is 0.688. The molecule has 0 aliphatic heterocycles. The smallest absolute Gasteiger partial charge is 0.160 e. The molecule has 0 bridgehead atoms. The standard InChI is InChI=1S/C39H23N3S/c1-3-13-24(14-4-1)31-23-32(42-39(41-31)25-15-5-2-6-16-25)37-36-34(28-19-9-11-21-30(28)40-37)26-17-7-8-18-27(26)35-29-20-10-12-22-33(29)43-38(35)36/h1-23H. The summed E-state index contributed by atoms with van der Waals surface area (Å²) in [7, 11) is 0. The van der Waals surface area contributed by atoms with Crippen LogP contribution in [0.25, 0.3) is 86.7 Å². The molecule has 6 aromatic carbocycles. The second-order valence-electron chi connectivity index (χ2n) is 10.8. The van der Waals surface area contributed by atoms with Crippen LogP contribution in [0.15, 0.2) is 140 Å². The molecule has 3 heterocycles. The number of fused-ring (bicyclic) bond motifs is 10. The molecule has 3 aromatic heterocycles. The van der Waals surface area contributed by atoms with Crippen LogP contribution in [0.4, 0.5) is 0 Å². The number of pyridine rings is 1. The number of hydrogen-bond acceptors (Lipinski definition) is 4. The third-order valence-electron chi connectivity index (χ3n) is 8.25. The zero-order valence-corrected chi connectivity index (χ0v) is 23.8. The largest absolute Gasteiger partial charge is 0.245 e. The Morgan fingerprint density at radius 2 is 1.00 bits per heavy atom. The summed E-state index contributed by atoms with van der Waals surface area (Å²) in [6.45, 7) is 0. The number of hydrogen-bond donors (Lipinski definition) is 0. The Kier molecular flexibility index (Phi) is 5.37. The Morgan fingerprint density at radius 3 is 1.77 bits per heavy atom. The molecular formula is C39H23N3S. The minimum Gasteiger partial charge on any atom is -0.245 e. The van der Waals surface area contributed by atoms with Crippen LogP contribution in [0.5, 0.6) is 0 Å². The molecule has 0 N–H and O–H groups in total. The molecule has 9 rings (SSSR count). The van der Waals surface area contributed by atoms with Gasteiger partial charge in [0.05, 0.1) is 22.6 Å². The molecular weight excluding hydrogens is 543 g/mol. The van der Waals surface area contributed by atoms with Gasteiger partial charge < -0.3 is 0 Å². The first-order valence-electron chi connectivity index (χ1n) is 14.4. The quantitative estimate of drug-likeness (QED) is 0.200. The monoisotopic (exact) mass is 565 g/mol. The fourth-order valence-electron chi connectivity index (χ4n) is 6.35. The fraction of sp³-hybridized carbons (Fsp3) is 0. The highest BCUT2D eigenvalue weighted by atomic mass is 32.1. The van der Waals surface area contributed by atoms with E-state index in [2.05, 4.69) is 115 Å². The number of nitrogens with zero attached hydrogens (tertiary/aromatic N) is 3. The van der Waals surface area contributed by atoms with Crippen molar-refractivity contribution in [3.8, 4) is 34.0 Å². The number of para-hydroxylation sites is 1. The maximum atomic E-state index is 5.39. The van der Waals surface area contributed by atoms with E-state index in [1.165, 1.54) is 36.3 Å². The molecule has 9 aromatic rings. The summed E-state index contributed by atoms with van der Waals surface area (Å²) in [5, 5.41) is 8.57. The Balaban J connectivity index is 1.50. The third kappa shape index (κ3) is 3.77. The van der Waals surface area contributed by atoms with E-state index in [0.717, 1.165) is 44.5 Å². The summed E-state index contributed by atoms with van der Waals surface area (Å²) >= 11 is 1.84. The number of benzene rings is 6. The van der Waals surface area contributed by atoms with Gasteiger partial charge in [-0.3, -0.25) is 0 Å². The third-order valence-corrected chi connectivity index (χ3v) is 9.44. The van der Waals surface area contributed by atoms with Crippen molar-refractivity contribution >= 4 is 64.0 Å². The van der Waals surface area contributed by atoms with Crippen molar-refractivity contribution in [2.24, 2.45) is 0 Å². The summed E-state index contributed by atoms with van der Waals surface area (Å²) in [5.74, 6) is 0.688. The highest BCUT2D eigenvalue weighted by molar-refractivity contribution is 7.27. The minimum absolute atomic E-state index is 0.688. The van der Waals surface area contributed by atoms with Gasteiger partial charge in [0.25, 0.3) is 0 Å². The van der Waals surface area contributed by atoms with E-state index in [1.54, 1.807) is 0 Å². The van der Waals surface area contributed by atoms with Gasteiger partial charge in [-0.2, -0.15) is 0 Å². The van der Waals surface area contributed by atoms with Gasteiger partial charge in [0.1, 0.15) is 0 Å². The number of aromatic nitrogens is 3. The lowest BCUT2D eigenvalue weighted by atomic mass is 9.93. The van der Waals surface area contributed by atoms with Crippen LogP contribution in [0.3, 0.4) is 0 Å². The summed E-state index contributed by atoms with van der Waals surface area (Å²) in [6, 6.07) is 48.7. The van der Waals surface area contributed by atoms with Gasteiger partial charge in [0, 0.05) is 47.5 Å². The van der Waals surface area contributed by atoms with E-state index < -0.39 is 0 Å². The number of rotatable bonds is 3. The van der Waals surface area contributed by atoms with Crippen LogP contribution in [0, 0.1) is 0 Å². The molecule has 43 heavy (non-hydrogen) atoms. The average Bonchev–Trinajstić information content (AvgIpc) is 3.48. The van der Waals surface area contributed by atoms with Gasteiger partial charge in [-0.05, 0) is 29.0 Å². The van der Waals surface area contributed by atoms with Crippen molar-refractivity contribution in [1.29, 1.82) is 0 Å². The molecule has 0 fully saturated rings. The maximum Gasteiger partial charge on any atom is 0.160 e. The normalized spacial score (nSPS) is 11.7. The molecule has 200 valence electrons. The summed E-state index contributed by atoms with van der Waals surface area (Å²) in [5.41, 5.74) is 5.55. The van der Waals surface area contributed by atoms with Crippen LogP contribution < -0.4 is 0 Å². The second kappa shape index (κ2) is 9.55. The molecule has 0 radical (unpaired) electrons. The number of thiophene rings is 1. The van der Waals surface area contributed by atoms with E-state index >= 15 is 0 Å². The Bertz CT molecular complexity index is 2440. The second-order valence-corrected chi connectivity index (χ2v) is 11.8. The molecule has 0 aliphatic carbocycles. The first-order chi connectivity index (χ1) is 21.3. The predicted octanol–water partition coefficient (Wildman–Crippen LogP) is 10.7. The highest BCUT2D eigenvalue weighted by Crippen LogP contribution is 2.48. The van der Waals surface area contributed by atoms with E-state index in [9.17, 15) is 0 Å². The lowest BCUT2D eigenvalue weighted by Gasteiger charge is -2.15. The van der Waals surface area contributed by atoms with Gasteiger partial charge in [-0.1, -0.05) is 121 Å². The fourth-order valence-corrected chi connectivity index (χ4v) is 7.62.